The molecule has 0 aliphatic heterocycles. The molecule has 0 radical (unpaired) electrons. The molecule has 0 unspecified atom stereocenters. The maximum atomic E-state index is 10.8. The molecular formula is C11H14N4O4. The first-order valence-electron chi connectivity index (χ1n) is 5.67. The highest BCUT2D eigenvalue weighted by Crippen LogP contribution is 2.28. The third-order valence-electron chi connectivity index (χ3n) is 2.55. The van der Waals surface area contributed by atoms with Gasteiger partial charge in [-0.05, 0) is 18.4 Å². The van der Waals surface area contributed by atoms with Gasteiger partial charge in [0, 0.05) is 12.3 Å². The Labute approximate surface area is 109 Å². The molecule has 1 aromatic carbocycles. The van der Waals surface area contributed by atoms with Gasteiger partial charge in [0.1, 0.15) is 5.69 Å². The van der Waals surface area contributed by atoms with E-state index >= 15 is 0 Å². The number of nitrogens with one attached hydrogen (secondary N) is 1. The average Bonchev–Trinajstić information content (AvgIpc) is 2.38. The molecule has 8 nitrogen and oxygen atoms in total. The Kier molecular flexibility index (Phi) is 4.92. The van der Waals surface area contributed by atoms with Crippen molar-refractivity contribution in [2.24, 2.45) is 11.0 Å². The maximum absolute atomic E-state index is 10.8. The molecule has 8 heteroatoms. The number of anilines is 1. The van der Waals surface area contributed by atoms with Crippen molar-refractivity contribution in [3.8, 4) is 0 Å². The van der Waals surface area contributed by atoms with Crippen molar-refractivity contribution in [3.63, 3.8) is 0 Å². The third kappa shape index (κ3) is 4.02. The molecule has 0 heterocycles. The van der Waals surface area contributed by atoms with Crippen LogP contribution < -0.4 is 5.43 Å². The van der Waals surface area contributed by atoms with Crippen molar-refractivity contribution < 1.29 is 9.85 Å². The van der Waals surface area contributed by atoms with E-state index < -0.39 is 9.85 Å². The average molecular weight is 266 g/mol. The lowest BCUT2D eigenvalue weighted by Crippen LogP contribution is -2.00. The van der Waals surface area contributed by atoms with Crippen LogP contribution in [-0.2, 0) is 0 Å². The van der Waals surface area contributed by atoms with Crippen LogP contribution in [0.2, 0.25) is 0 Å². The zero-order valence-corrected chi connectivity index (χ0v) is 10.6. The summed E-state index contributed by atoms with van der Waals surface area (Å²) in [5.41, 5.74) is 1.94. The summed E-state index contributed by atoms with van der Waals surface area (Å²) < 4.78 is 0. The van der Waals surface area contributed by atoms with E-state index in [1.807, 2.05) is 13.8 Å². The smallest absolute Gasteiger partial charge is 0.272 e. The number of nitrogens with zero attached hydrogens (tertiary/aromatic N) is 3. The zero-order chi connectivity index (χ0) is 14.4. The molecule has 19 heavy (non-hydrogen) atoms. The third-order valence-corrected chi connectivity index (χ3v) is 2.55. The quantitative estimate of drug-likeness (QED) is 0.483. The molecule has 0 bridgehead atoms. The number of nitro benzene ring substituents is 2. The Bertz CT molecular complexity index is 515. The summed E-state index contributed by atoms with van der Waals surface area (Å²) in [6.45, 7) is 3.94. The Balaban J connectivity index is 2.97. The van der Waals surface area contributed by atoms with E-state index in [2.05, 4.69) is 10.5 Å². The number of hydrazone groups is 1. The lowest BCUT2D eigenvalue weighted by molar-refractivity contribution is -0.393. The minimum Gasteiger partial charge on any atom is -0.272 e. The number of non-ortho nitro benzene ring substituents is 1. The Morgan fingerprint density at radius 1 is 1.37 bits per heavy atom. The van der Waals surface area contributed by atoms with Gasteiger partial charge < -0.3 is 0 Å². The first-order valence-corrected chi connectivity index (χ1v) is 5.67. The highest BCUT2D eigenvalue weighted by Gasteiger charge is 2.18. The van der Waals surface area contributed by atoms with Crippen LogP contribution in [0.1, 0.15) is 20.3 Å². The van der Waals surface area contributed by atoms with Crippen molar-refractivity contribution in [1.29, 1.82) is 0 Å². The first-order chi connectivity index (χ1) is 8.95. The van der Waals surface area contributed by atoms with Crippen molar-refractivity contribution in [2.75, 3.05) is 5.43 Å². The number of benzene rings is 1. The highest BCUT2D eigenvalue weighted by molar-refractivity contribution is 5.68. The van der Waals surface area contributed by atoms with Gasteiger partial charge in [0.2, 0.25) is 0 Å². The lowest BCUT2D eigenvalue weighted by atomic mass is 10.1. The summed E-state index contributed by atoms with van der Waals surface area (Å²) in [4.78, 5) is 20.0. The zero-order valence-electron chi connectivity index (χ0n) is 10.6. The fourth-order valence-electron chi connectivity index (χ4n) is 1.22. The second-order valence-electron chi connectivity index (χ2n) is 3.99. The molecule has 0 fully saturated rings. The van der Waals surface area contributed by atoms with E-state index in [1.165, 1.54) is 12.1 Å². The molecule has 0 aliphatic rings. The van der Waals surface area contributed by atoms with E-state index in [-0.39, 0.29) is 23.0 Å². The van der Waals surface area contributed by atoms with Crippen molar-refractivity contribution >= 4 is 23.3 Å². The first kappa shape index (κ1) is 14.6. The molecular weight excluding hydrogens is 252 g/mol. The second kappa shape index (κ2) is 6.43. The van der Waals surface area contributed by atoms with Gasteiger partial charge in [-0.25, -0.2) is 0 Å². The van der Waals surface area contributed by atoms with E-state index in [0.29, 0.717) is 0 Å². The van der Waals surface area contributed by atoms with E-state index in [4.69, 9.17) is 0 Å². The van der Waals surface area contributed by atoms with E-state index in [0.717, 1.165) is 12.5 Å². The summed E-state index contributed by atoms with van der Waals surface area (Å²) in [6.07, 6.45) is 2.53. The van der Waals surface area contributed by atoms with Crippen molar-refractivity contribution in [3.05, 3.63) is 38.4 Å². The molecule has 1 atom stereocenters. The summed E-state index contributed by atoms with van der Waals surface area (Å²) >= 11 is 0. The molecule has 102 valence electrons. The molecule has 0 spiro atoms. The van der Waals surface area contributed by atoms with Crippen molar-refractivity contribution in [2.45, 2.75) is 20.3 Å². The maximum Gasteiger partial charge on any atom is 0.301 e. The van der Waals surface area contributed by atoms with Crippen molar-refractivity contribution in [1.82, 2.24) is 0 Å². The van der Waals surface area contributed by atoms with Gasteiger partial charge in [-0.3, -0.25) is 25.7 Å². The van der Waals surface area contributed by atoms with Gasteiger partial charge >= 0.3 is 5.69 Å². The van der Waals surface area contributed by atoms with Gasteiger partial charge in [-0.1, -0.05) is 13.8 Å². The Hall–Kier alpha value is -2.51. The van der Waals surface area contributed by atoms with Crippen LogP contribution in [-0.4, -0.2) is 16.1 Å². The minimum absolute atomic E-state index is 0.121. The van der Waals surface area contributed by atoms with Crippen LogP contribution in [0.3, 0.4) is 0 Å². The van der Waals surface area contributed by atoms with Crippen LogP contribution in [0, 0.1) is 26.1 Å². The fraction of sp³-hybridized carbons (Fsp3) is 0.364. The molecule has 0 saturated carbocycles. The molecule has 0 saturated heterocycles. The van der Waals surface area contributed by atoms with Gasteiger partial charge in [-0.2, -0.15) is 5.10 Å². The summed E-state index contributed by atoms with van der Waals surface area (Å²) in [5.74, 6) is 0.240. The fourth-order valence-corrected chi connectivity index (χ4v) is 1.22. The van der Waals surface area contributed by atoms with Crippen LogP contribution in [0.25, 0.3) is 0 Å². The van der Waals surface area contributed by atoms with Crippen LogP contribution in [0.4, 0.5) is 17.1 Å². The van der Waals surface area contributed by atoms with Crippen LogP contribution in [0.15, 0.2) is 23.3 Å². The second-order valence-corrected chi connectivity index (χ2v) is 3.99. The van der Waals surface area contributed by atoms with Gasteiger partial charge in [0.05, 0.1) is 15.9 Å². The van der Waals surface area contributed by atoms with Gasteiger partial charge in [-0.15, -0.1) is 0 Å². The molecule has 0 aliphatic carbocycles. The number of hydrogen-bond donors (Lipinski definition) is 1. The Morgan fingerprint density at radius 2 is 2.05 bits per heavy atom. The molecule has 1 rings (SSSR count). The van der Waals surface area contributed by atoms with Gasteiger partial charge in [0.25, 0.3) is 5.69 Å². The predicted octanol–water partition coefficient (Wildman–Crippen LogP) is 2.95. The summed E-state index contributed by atoms with van der Waals surface area (Å²) in [5, 5.41) is 25.3. The summed E-state index contributed by atoms with van der Waals surface area (Å²) in [6, 6.07) is 3.36. The normalized spacial score (nSPS) is 12.3. The number of nitro groups is 2. The molecule has 0 aromatic heterocycles. The standard InChI is InChI=1S/C11H14N4O4/c1-3-8(2)7-12-13-10-5-4-9(14(16)17)6-11(10)15(18)19/h4-8,13H,3H2,1-2H3/b12-7+/t8-/m0/s1. The number of rotatable bonds is 6. The molecule has 1 aromatic rings. The largest absolute Gasteiger partial charge is 0.301 e. The summed E-state index contributed by atoms with van der Waals surface area (Å²) in [7, 11) is 0. The van der Waals surface area contributed by atoms with Crippen LogP contribution in [0.5, 0.6) is 0 Å². The predicted molar refractivity (Wildman–Crippen MR) is 71.3 cm³/mol. The lowest BCUT2D eigenvalue weighted by Gasteiger charge is -2.03. The van der Waals surface area contributed by atoms with E-state index in [9.17, 15) is 20.2 Å². The highest BCUT2D eigenvalue weighted by atomic mass is 16.6. The van der Waals surface area contributed by atoms with Crippen LogP contribution >= 0.6 is 0 Å². The Morgan fingerprint density at radius 3 is 2.58 bits per heavy atom. The SMILES string of the molecule is CC[C@H](C)/C=N/Nc1ccc([N+](=O)[O-])cc1[N+](=O)[O-]. The van der Waals surface area contributed by atoms with E-state index in [1.54, 1.807) is 6.21 Å². The number of hydrogen-bond acceptors (Lipinski definition) is 6. The monoisotopic (exact) mass is 266 g/mol. The van der Waals surface area contributed by atoms with Gasteiger partial charge in [0.15, 0.2) is 0 Å². The molecule has 0 amide bonds. The molecule has 1 N–H and O–H groups in total. The topological polar surface area (TPSA) is 111 Å². The minimum atomic E-state index is -0.686.